The molecule has 110 valence electrons. The van der Waals surface area contributed by atoms with E-state index in [1.165, 1.54) is 0 Å². The van der Waals surface area contributed by atoms with Crippen molar-refractivity contribution in [2.75, 3.05) is 19.6 Å². The Morgan fingerprint density at radius 1 is 1.35 bits per heavy atom. The summed E-state index contributed by atoms with van der Waals surface area (Å²) in [6.07, 6.45) is 1.09. The van der Waals surface area contributed by atoms with Crippen molar-refractivity contribution in [2.24, 2.45) is 0 Å². The summed E-state index contributed by atoms with van der Waals surface area (Å²) in [4.78, 5) is 12.0. The fourth-order valence-electron chi connectivity index (χ4n) is 1.81. The van der Waals surface area contributed by atoms with E-state index in [9.17, 15) is 4.79 Å². The normalized spacial score (nSPS) is 10.3. The Balaban J connectivity index is 0.00000200. The van der Waals surface area contributed by atoms with Crippen LogP contribution < -0.4 is 10.6 Å². The number of aromatic nitrogens is 2. The molecule has 1 aromatic heterocycles. The van der Waals surface area contributed by atoms with Crippen LogP contribution in [0.2, 0.25) is 0 Å². The van der Waals surface area contributed by atoms with Crippen molar-refractivity contribution in [2.45, 2.75) is 13.3 Å². The monoisotopic (exact) mass is 408 g/mol. The molecule has 20 heavy (non-hydrogen) atoms. The maximum atomic E-state index is 12.0. The van der Waals surface area contributed by atoms with Gasteiger partial charge in [-0.25, -0.2) is 0 Å². The number of nitrogens with one attached hydrogen (secondary N) is 3. The van der Waals surface area contributed by atoms with E-state index < -0.39 is 0 Å². The first-order chi connectivity index (χ1) is 9.22. The van der Waals surface area contributed by atoms with Crippen molar-refractivity contribution in [3.8, 4) is 0 Å². The number of carbonyl (C=O) groups is 1. The van der Waals surface area contributed by atoms with E-state index in [-0.39, 0.29) is 18.3 Å². The quantitative estimate of drug-likeness (QED) is 0.507. The van der Waals surface area contributed by atoms with Gasteiger partial charge in [0.05, 0.1) is 5.52 Å². The highest BCUT2D eigenvalue weighted by Crippen LogP contribution is 2.18. The number of aromatic amines is 1. The zero-order chi connectivity index (χ0) is 13.7. The molecule has 0 saturated heterocycles. The second kappa shape index (κ2) is 8.43. The van der Waals surface area contributed by atoms with Crippen LogP contribution in [0.3, 0.4) is 0 Å². The van der Waals surface area contributed by atoms with Crippen molar-refractivity contribution in [1.29, 1.82) is 0 Å². The maximum Gasteiger partial charge on any atom is 0.272 e. The van der Waals surface area contributed by atoms with Gasteiger partial charge in [0.15, 0.2) is 5.69 Å². The Kier molecular flexibility index (Phi) is 7.25. The van der Waals surface area contributed by atoms with Crippen LogP contribution in [0.25, 0.3) is 10.9 Å². The van der Waals surface area contributed by atoms with E-state index in [0.717, 1.165) is 34.0 Å². The molecule has 0 unspecified atom stereocenters. The van der Waals surface area contributed by atoms with Crippen molar-refractivity contribution in [1.82, 2.24) is 20.8 Å². The van der Waals surface area contributed by atoms with E-state index in [1.54, 1.807) is 0 Å². The summed E-state index contributed by atoms with van der Waals surface area (Å²) in [7, 11) is 0. The third-order valence-corrected chi connectivity index (χ3v) is 3.43. The predicted molar refractivity (Wildman–Crippen MR) is 91.6 cm³/mol. The molecule has 0 aliphatic heterocycles. The summed E-state index contributed by atoms with van der Waals surface area (Å²) >= 11 is 2.23. The molecular formula is C13H18ClIN4O. The molecule has 2 rings (SSSR count). The fraction of sp³-hybridized carbons (Fsp3) is 0.385. The van der Waals surface area contributed by atoms with Crippen LogP contribution in [-0.4, -0.2) is 35.7 Å². The number of rotatable bonds is 6. The lowest BCUT2D eigenvalue weighted by Gasteiger charge is -2.04. The molecular weight excluding hydrogens is 391 g/mol. The number of benzene rings is 1. The van der Waals surface area contributed by atoms with Gasteiger partial charge in [-0.1, -0.05) is 6.92 Å². The number of amides is 1. The Morgan fingerprint density at radius 3 is 2.90 bits per heavy atom. The first-order valence-corrected chi connectivity index (χ1v) is 7.42. The van der Waals surface area contributed by atoms with Crippen molar-refractivity contribution >= 4 is 51.8 Å². The molecule has 0 saturated carbocycles. The van der Waals surface area contributed by atoms with Crippen LogP contribution in [0.5, 0.6) is 0 Å². The minimum absolute atomic E-state index is 0. The first kappa shape index (κ1) is 17.2. The lowest BCUT2D eigenvalue weighted by atomic mass is 10.2. The molecule has 0 aliphatic rings. The molecule has 0 atom stereocenters. The van der Waals surface area contributed by atoms with E-state index >= 15 is 0 Å². The zero-order valence-corrected chi connectivity index (χ0v) is 14.2. The SMILES string of the molecule is CCCNCCNC(=O)c1n[nH]c2ccc(I)cc12.Cl. The summed E-state index contributed by atoms with van der Waals surface area (Å²) in [6.45, 7) is 4.47. The largest absolute Gasteiger partial charge is 0.349 e. The van der Waals surface area contributed by atoms with E-state index in [4.69, 9.17) is 0 Å². The van der Waals surface area contributed by atoms with Gasteiger partial charge in [0.25, 0.3) is 5.91 Å². The van der Waals surface area contributed by atoms with Gasteiger partial charge < -0.3 is 10.6 Å². The minimum atomic E-state index is -0.133. The lowest BCUT2D eigenvalue weighted by Crippen LogP contribution is -2.32. The number of fused-ring (bicyclic) bond motifs is 1. The van der Waals surface area contributed by atoms with E-state index in [2.05, 4.69) is 50.3 Å². The Morgan fingerprint density at radius 2 is 2.15 bits per heavy atom. The van der Waals surface area contributed by atoms with Gasteiger partial charge in [-0.3, -0.25) is 9.89 Å². The van der Waals surface area contributed by atoms with Gasteiger partial charge in [-0.15, -0.1) is 12.4 Å². The van der Waals surface area contributed by atoms with Gasteiger partial charge in [0.2, 0.25) is 0 Å². The van der Waals surface area contributed by atoms with Crippen LogP contribution in [0.15, 0.2) is 18.2 Å². The molecule has 0 bridgehead atoms. The number of halogens is 2. The standard InChI is InChI=1S/C13H17IN4O.ClH/c1-2-5-15-6-7-16-13(19)12-10-8-9(14)3-4-11(10)17-18-12;/h3-4,8,15H,2,5-7H2,1H3,(H,16,19)(H,17,18);1H. The van der Waals surface area contributed by atoms with E-state index in [0.29, 0.717) is 12.2 Å². The fourth-order valence-corrected chi connectivity index (χ4v) is 2.30. The number of carbonyl (C=O) groups excluding carboxylic acids is 1. The number of nitrogens with zero attached hydrogens (tertiary/aromatic N) is 1. The molecule has 1 aromatic carbocycles. The van der Waals surface area contributed by atoms with E-state index in [1.807, 2.05) is 18.2 Å². The summed E-state index contributed by atoms with van der Waals surface area (Å²) in [5, 5.41) is 13.9. The average Bonchev–Trinajstić information content (AvgIpc) is 2.81. The number of hydrogen-bond donors (Lipinski definition) is 3. The minimum Gasteiger partial charge on any atom is -0.349 e. The van der Waals surface area contributed by atoms with Gasteiger partial charge in [-0.2, -0.15) is 5.10 Å². The topological polar surface area (TPSA) is 69.8 Å². The van der Waals surface area contributed by atoms with Crippen LogP contribution in [0, 0.1) is 3.57 Å². The van der Waals surface area contributed by atoms with Crippen LogP contribution in [0.4, 0.5) is 0 Å². The maximum absolute atomic E-state index is 12.0. The molecule has 5 nitrogen and oxygen atoms in total. The van der Waals surface area contributed by atoms with Crippen LogP contribution in [0.1, 0.15) is 23.8 Å². The Labute approximate surface area is 137 Å². The molecule has 3 N–H and O–H groups in total. The summed E-state index contributed by atoms with van der Waals surface area (Å²) in [5.41, 5.74) is 1.35. The zero-order valence-electron chi connectivity index (χ0n) is 11.2. The van der Waals surface area contributed by atoms with Crippen molar-refractivity contribution < 1.29 is 4.79 Å². The van der Waals surface area contributed by atoms with Crippen molar-refractivity contribution in [3.63, 3.8) is 0 Å². The first-order valence-electron chi connectivity index (χ1n) is 6.35. The highest BCUT2D eigenvalue weighted by Gasteiger charge is 2.13. The van der Waals surface area contributed by atoms with Crippen LogP contribution in [-0.2, 0) is 0 Å². The second-order valence-electron chi connectivity index (χ2n) is 4.27. The smallest absolute Gasteiger partial charge is 0.272 e. The molecule has 0 spiro atoms. The molecule has 7 heteroatoms. The Hall–Kier alpha value is -0.860. The Bertz CT molecular complexity index is 572. The van der Waals surface area contributed by atoms with Gasteiger partial charge in [0, 0.05) is 22.0 Å². The molecule has 0 radical (unpaired) electrons. The number of H-pyrrole nitrogens is 1. The van der Waals surface area contributed by atoms with Gasteiger partial charge in [-0.05, 0) is 53.8 Å². The number of hydrogen-bond acceptors (Lipinski definition) is 3. The highest BCUT2D eigenvalue weighted by molar-refractivity contribution is 14.1. The molecule has 1 amide bonds. The summed E-state index contributed by atoms with van der Waals surface area (Å²) < 4.78 is 1.09. The summed E-state index contributed by atoms with van der Waals surface area (Å²) in [5.74, 6) is -0.133. The molecule has 2 aromatic rings. The summed E-state index contributed by atoms with van der Waals surface area (Å²) in [6, 6.07) is 5.88. The van der Waals surface area contributed by atoms with Gasteiger partial charge in [0.1, 0.15) is 0 Å². The molecule has 1 heterocycles. The third kappa shape index (κ3) is 4.32. The average molecular weight is 409 g/mol. The highest BCUT2D eigenvalue weighted by atomic mass is 127. The second-order valence-corrected chi connectivity index (χ2v) is 5.51. The lowest BCUT2D eigenvalue weighted by molar-refractivity contribution is 0.0950. The molecule has 0 aliphatic carbocycles. The third-order valence-electron chi connectivity index (χ3n) is 2.75. The predicted octanol–water partition coefficient (Wildman–Crippen LogP) is 2.32. The van der Waals surface area contributed by atoms with Crippen LogP contribution >= 0.6 is 35.0 Å². The van der Waals surface area contributed by atoms with Crippen molar-refractivity contribution in [3.05, 3.63) is 27.5 Å². The molecule has 0 fully saturated rings. The van der Waals surface area contributed by atoms with Gasteiger partial charge >= 0.3 is 0 Å².